The van der Waals surface area contributed by atoms with Gasteiger partial charge < -0.3 is 4.74 Å². The van der Waals surface area contributed by atoms with Crippen LogP contribution in [0.3, 0.4) is 0 Å². The molecule has 0 aromatic carbocycles. The maximum absolute atomic E-state index is 11.3. The standard InChI is InChI=1S/C9H16O4S/c1-7(2)5-14(11,12)6-13-9(10)8(3)4/h7H,3,5-6H2,1-2,4H3. The average molecular weight is 220 g/mol. The second-order valence-electron chi connectivity index (χ2n) is 3.63. The quantitative estimate of drug-likeness (QED) is 0.515. The third kappa shape index (κ3) is 5.75. The highest BCUT2D eigenvalue weighted by molar-refractivity contribution is 7.91. The van der Waals surface area contributed by atoms with Crippen molar-refractivity contribution in [1.29, 1.82) is 0 Å². The van der Waals surface area contributed by atoms with Gasteiger partial charge in [-0.2, -0.15) is 0 Å². The highest BCUT2D eigenvalue weighted by atomic mass is 32.2. The first-order chi connectivity index (χ1) is 6.24. The van der Waals surface area contributed by atoms with Crippen LogP contribution >= 0.6 is 0 Å². The lowest BCUT2D eigenvalue weighted by Crippen LogP contribution is -2.20. The van der Waals surface area contributed by atoms with Gasteiger partial charge in [0.15, 0.2) is 15.8 Å². The van der Waals surface area contributed by atoms with E-state index in [-0.39, 0.29) is 17.2 Å². The maximum Gasteiger partial charge on any atom is 0.334 e. The van der Waals surface area contributed by atoms with Gasteiger partial charge in [-0.3, -0.25) is 0 Å². The zero-order chi connectivity index (χ0) is 11.4. The molecule has 0 aromatic heterocycles. The van der Waals surface area contributed by atoms with Crippen molar-refractivity contribution in [1.82, 2.24) is 0 Å². The van der Waals surface area contributed by atoms with Crippen molar-refractivity contribution in [2.24, 2.45) is 5.92 Å². The highest BCUT2D eigenvalue weighted by Gasteiger charge is 2.16. The molecule has 0 fully saturated rings. The van der Waals surface area contributed by atoms with Crippen LogP contribution in [0.25, 0.3) is 0 Å². The van der Waals surface area contributed by atoms with Crippen LogP contribution in [0.5, 0.6) is 0 Å². The van der Waals surface area contributed by atoms with Crippen LogP contribution in [0.4, 0.5) is 0 Å². The molecule has 5 heteroatoms. The molecule has 0 aliphatic rings. The Morgan fingerprint density at radius 1 is 1.43 bits per heavy atom. The van der Waals surface area contributed by atoms with Crippen LogP contribution in [-0.4, -0.2) is 26.1 Å². The van der Waals surface area contributed by atoms with Gasteiger partial charge in [-0.25, -0.2) is 13.2 Å². The number of sulfone groups is 1. The van der Waals surface area contributed by atoms with Gasteiger partial charge in [0, 0.05) is 5.57 Å². The topological polar surface area (TPSA) is 60.4 Å². The molecule has 0 rings (SSSR count). The van der Waals surface area contributed by atoms with E-state index >= 15 is 0 Å². The average Bonchev–Trinajstić information content (AvgIpc) is 1.97. The van der Waals surface area contributed by atoms with Crippen LogP contribution in [0.15, 0.2) is 12.2 Å². The Morgan fingerprint density at radius 2 is 1.93 bits per heavy atom. The fourth-order valence-corrected chi connectivity index (χ4v) is 2.22. The minimum atomic E-state index is -3.29. The van der Waals surface area contributed by atoms with Crippen LogP contribution < -0.4 is 0 Å². The minimum absolute atomic E-state index is 0.0243. The molecule has 0 aliphatic carbocycles. The molecule has 0 heterocycles. The largest absolute Gasteiger partial charge is 0.446 e. The first-order valence-corrected chi connectivity index (χ1v) is 6.10. The van der Waals surface area contributed by atoms with Gasteiger partial charge in [-0.05, 0) is 12.8 Å². The molecule has 0 saturated carbocycles. The number of carbonyl (C=O) groups excluding carboxylic acids is 1. The summed E-state index contributed by atoms with van der Waals surface area (Å²) >= 11 is 0. The van der Waals surface area contributed by atoms with Gasteiger partial charge >= 0.3 is 5.97 Å². The molecule has 0 aromatic rings. The monoisotopic (exact) mass is 220 g/mol. The van der Waals surface area contributed by atoms with Gasteiger partial charge in [-0.15, -0.1) is 0 Å². The first kappa shape index (κ1) is 13.2. The summed E-state index contributed by atoms with van der Waals surface area (Å²) in [6.45, 7) is 8.40. The zero-order valence-corrected chi connectivity index (χ0v) is 9.56. The number of esters is 1. The Balaban J connectivity index is 4.13. The van der Waals surface area contributed by atoms with Crippen molar-refractivity contribution in [2.45, 2.75) is 20.8 Å². The molecule has 0 radical (unpaired) electrons. The first-order valence-electron chi connectivity index (χ1n) is 4.27. The lowest BCUT2D eigenvalue weighted by molar-refractivity contribution is -0.136. The molecule has 0 atom stereocenters. The summed E-state index contributed by atoms with van der Waals surface area (Å²) in [6.07, 6.45) is 0. The zero-order valence-electron chi connectivity index (χ0n) is 8.74. The Morgan fingerprint density at radius 3 is 2.29 bits per heavy atom. The van der Waals surface area contributed by atoms with Gasteiger partial charge in [0.2, 0.25) is 0 Å². The predicted molar refractivity (Wildman–Crippen MR) is 54.4 cm³/mol. The Labute approximate surface area is 84.9 Å². The molecule has 4 nitrogen and oxygen atoms in total. The van der Waals surface area contributed by atoms with Crippen molar-refractivity contribution in [3.05, 3.63) is 12.2 Å². The number of hydrogen-bond acceptors (Lipinski definition) is 4. The van der Waals surface area contributed by atoms with Crippen molar-refractivity contribution in [2.75, 3.05) is 11.7 Å². The normalized spacial score (nSPS) is 11.4. The Bertz CT molecular complexity index is 314. The summed E-state index contributed by atoms with van der Waals surface area (Å²) in [5, 5.41) is 0. The van der Waals surface area contributed by atoms with E-state index in [1.54, 1.807) is 13.8 Å². The van der Waals surface area contributed by atoms with Gasteiger partial charge in [0.25, 0.3) is 0 Å². The molecule has 0 N–H and O–H groups in total. The summed E-state index contributed by atoms with van der Waals surface area (Å²) in [6, 6.07) is 0. The lowest BCUT2D eigenvalue weighted by Gasteiger charge is -2.07. The molecular formula is C9H16O4S. The summed E-state index contributed by atoms with van der Waals surface area (Å²) in [4.78, 5) is 10.9. The molecular weight excluding hydrogens is 204 g/mol. The molecule has 82 valence electrons. The summed E-state index contributed by atoms with van der Waals surface area (Å²) in [5.41, 5.74) is 0.199. The number of rotatable bonds is 5. The van der Waals surface area contributed by atoms with E-state index in [1.165, 1.54) is 6.92 Å². The number of ether oxygens (including phenoxy) is 1. The minimum Gasteiger partial charge on any atom is -0.446 e. The van der Waals surface area contributed by atoms with Crippen molar-refractivity contribution in [3.63, 3.8) is 0 Å². The molecule has 0 amide bonds. The fraction of sp³-hybridized carbons (Fsp3) is 0.667. The molecule has 14 heavy (non-hydrogen) atoms. The maximum atomic E-state index is 11.3. The van der Waals surface area contributed by atoms with Gasteiger partial charge in [-0.1, -0.05) is 20.4 Å². The third-order valence-electron chi connectivity index (χ3n) is 1.31. The van der Waals surface area contributed by atoms with Crippen LogP contribution in [-0.2, 0) is 19.4 Å². The Hall–Kier alpha value is -0.840. The predicted octanol–water partition coefficient (Wildman–Crippen LogP) is 1.13. The van der Waals surface area contributed by atoms with Crippen LogP contribution in [0.1, 0.15) is 20.8 Å². The van der Waals surface area contributed by atoms with Gasteiger partial charge in [0.05, 0.1) is 5.75 Å². The number of carbonyl (C=O) groups is 1. The molecule has 0 unspecified atom stereocenters. The molecule has 0 saturated heterocycles. The second-order valence-corrected chi connectivity index (χ2v) is 5.69. The van der Waals surface area contributed by atoms with Crippen molar-refractivity contribution in [3.8, 4) is 0 Å². The van der Waals surface area contributed by atoms with Crippen LogP contribution in [0, 0.1) is 5.92 Å². The van der Waals surface area contributed by atoms with E-state index in [1.807, 2.05) is 0 Å². The fourth-order valence-electron chi connectivity index (χ4n) is 0.822. The van der Waals surface area contributed by atoms with Crippen molar-refractivity contribution < 1.29 is 17.9 Å². The van der Waals surface area contributed by atoms with Crippen molar-refractivity contribution >= 4 is 15.8 Å². The van der Waals surface area contributed by atoms with E-state index in [4.69, 9.17) is 0 Å². The lowest BCUT2D eigenvalue weighted by atomic mass is 10.3. The summed E-state index contributed by atoms with van der Waals surface area (Å²) < 4.78 is 27.1. The SMILES string of the molecule is C=C(C)C(=O)OCS(=O)(=O)CC(C)C. The third-order valence-corrected chi connectivity index (χ3v) is 2.96. The molecule has 0 bridgehead atoms. The highest BCUT2D eigenvalue weighted by Crippen LogP contribution is 2.02. The molecule has 0 aliphatic heterocycles. The van der Waals surface area contributed by atoms with E-state index in [0.29, 0.717) is 0 Å². The van der Waals surface area contributed by atoms with E-state index in [0.717, 1.165) is 0 Å². The van der Waals surface area contributed by atoms with E-state index < -0.39 is 21.7 Å². The van der Waals surface area contributed by atoms with Gasteiger partial charge in [0.1, 0.15) is 0 Å². The smallest absolute Gasteiger partial charge is 0.334 e. The second kappa shape index (κ2) is 5.14. The van der Waals surface area contributed by atoms with E-state index in [9.17, 15) is 13.2 Å². The van der Waals surface area contributed by atoms with Crippen LogP contribution in [0.2, 0.25) is 0 Å². The number of hydrogen-bond donors (Lipinski definition) is 0. The summed E-state index contributed by atoms with van der Waals surface area (Å²) in [7, 11) is -3.29. The summed E-state index contributed by atoms with van der Waals surface area (Å²) in [5.74, 6) is -1.17. The molecule has 0 spiro atoms. The van der Waals surface area contributed by atoms with E-state index in [2.05, 4.69) is 11.3 Å². The Kier molecular flexibility index (Phi) is 4.83.